The zero-order valence-electron chi connectivity index (χ0n) is 21.8. The molecule has 0 amide bonds. The maximum absolute atomic E-state index is 14.9. The number of hydrogen-bond donors (Lipinski definition) is 2. The number of H-pyrrole nitrogens is 1. The van der Waals surface area contributed by atoms with Crippen molar-refractivity contribution in [1.29, 1.82) is 0 Å². The van der Waals surface area contributed by atoms with Crippen LogP contribution in [-0.4, -0.2) is 53.4 Å². The number of aryl methyl sites for hydroxylation is 2. The predicted octanol–water partition coefficient (Wildman–Crippen LogP) is 4.60. The number of nitrogens with one attached hydrogen (secondary N) is 1. The van der Waals surface area contributed by atoms with Crippen LogP contribution in [-0.2, 0) is 7.05 Å². The fourth-order valence-corrected chi connectivity index (χ4v) is 5.69. The first-order valence-corrected chi connectivity index (χ1v) is 12.7. The highest BCUT2D eigenvalue weighted by Gasteiger charge is 2.25. The summed E-state index contributed by atoms with van der Waals surface area (Å²) >= 11 is 0. The topological polar surface area (TPSA) is 109 Å². The molecule has 0 aliphatic carbocycles. The smallest absolute Gasteiger partial charge is 0.335 e. The zero-order chi connectivity index (χ0) is 27.4. The number of carbonyl (C=O) groups is 1. The van der Waals surface area contributed by atoms with Crippen molar-refractivity contribution in [2.24, 2.45) is 7.05 Å². The van der Waals surface area contributed by atoms with E-state index in [0.717, 1.165) is 34.1 Å². The Morgan fingerprint density at radius 3 is 2.74 bits per heavy atom. The van der Waals surface area contributed by atoms with Crippen LogP contribution in [0.15, 0.2) is 59.8 Å². The van der Waals surface area contributed by atoms with Gasteiger partial charge in [0.15, 0.2) is 0 Å². The van der Waals surface area contributed by atoms with Gasteiger partial charge in [-0.05, 0) is 61.7 Å². The summed E-state index contributed by atoms with van der Waals surface area (Å²) in [5.74, 6) is -1.64. The lowest BCUT2D eigenvalue weighted by atomic mass is 9.93. The molecule has 2 N–H and O–H groups in total. The minimum absolute atomic E-state index is 0.0308. The number of fused-ring (bicyclic) bond motifs is 2. The molecule has 10 heteroatoms. The number of halogens is 1. The van der Waals surface area contributed by atoms with Crippen LogP contribution in [0.5, 0.6) is 0 Å². The van der Waals surface area contributed by atoms with E-state index in [1.165, 1.54) is 12.3 Å². The third kappa shape index (κ3) is 4.04. The van der Waals surface area contributed by atoms with Crippen LogP contribution < -0.4 is 5.56 Å². The third-order valence-corrected chi connectivity index (χ3v) is 7.78. The number of aromatic amines is 1. The van der Waals surface area contributed by atoms with Gasteiger partial charge in [-0.25, -0.2) is 14.2 Å². The first-order chi connectivity index (χ1) is 18.7. The van der Waals surface area contributed by atoms with Crippen molar-refractivity contribution in [1.82, 2.24) is 29.2 Å². The molecule has 9 nitrogen and oxygen atoms in total. The largest absolute Gasteiger partial charge is 0.478 e. The number of benzene rings is 1. The summed E-state index contributed by atoms with van der Waals surface area (Å²) < 4.78 is 18.5. The summed E-state index contributed by atoms with van der Waals surface area (Å²) in [5, 5.41) is 17.4. The standard InChI is InChI=1S/C29H27FN6O3/c1-16-12-19(29(38)39)13-22(30)26(16)18-5-9-35(10-6-18)17(2)25-14-20-24(4-8-31-27(20)34(25)3)36-11-7-23-21(28(36)37)15-32-33-23/h4-5,7-8,11-15,17H,6,9-10H2,1-3H3,(H,32,33)(H,38,39)/t17-/m1/s1. The molecule has 39 heavy (non-hydrogen) atoms. The second-order valence-corrected chi connectivity index (χ2v) is 9.99. The molecule has 1 atom stereocenters. The minimum atomic E-state index is -1.14. The summed E-state index contributed by atoms with van der Waals surface area (Å²) in [6, 6.07) is 8.40. The van der Waals surface area contributed by atoms with Gasteiger partial charge in [0.2, 0.25) is 0 Å². The molecule has 1 aliphatic rings. The van der Waals surface area contributed by atoms with Crippen molar-refractivity contribution < 1.29 is 14.3 Å². The minimum Gasteiger partial charge on any atom is -0.478 e. The van der Waals surface area contributed by atoms with Gasteiger partial charge >= 0.3 is 5.97 Å². The van der Waals surface area contributed by atoms with Gasteiger partial charge in [-0.3, -0.25) is 19.4 Å². The predicted molar refractivity (Wildman–Crippen MR) is 147 cm³/mol. The van der Waals surface area contributed by atoms with E-state index in [0.29, 0.717) is 41.5 Å². The molecule has 0 bridgehead atoms. The van der Waals surface area contributed by atoms with E-state index < -0.39 is 11.8 Å². The van der Waals surface area contributed by atoms with Crippen LogP contribution in [0.3, 0.4) is 0 Å². The molecule has 0 unspecified atom stereocenters. The number of pyridine rings is 2. The molecule has 0 fully saturated rings. The lowest BCUT2D eigenvalue weighted by Crippen LogP contribution is -2.32. The number of carboxylic acid groups (broad SMARTS) is 1. The zero-order valence-corrected chi connectivity index (χ0v) is 21.8. The molecule has 1 aromatic carbocycles. The number of aromatic nitrogens is 5. The van der Waals surface area contributed by atoms with E-state index in [4.69, 9.17) is 0 Å². The average Bonchev–Trinajstić information content (AvgIpc) is 3.54. The van der Waals surface area contributed by atoms with Gasteiger partial charge < -0.3 is 9.67 Å². The molecule has 198 valence electrons. The van der Waals surface area contributed by atoms with Crippen molar-refractivity contribution in [3.8, 4) is 5.69 Å². The number of hydrogen-bond acceptors (Lipinski definition) is 5. The van der Waals surface area contributed by atoms with Gasteiger partial charge in [-0.15, -0.1) is 0 Å². The van der Waals surface area contributed by atoms with Crippen molar-refractivity contribution in [2.45, 2.75) is 26.3 Å². The number of rotatable bonds is 5. The number of nitrogens with zero attached hydrogens (tertiary/aromatic N) is 5. The molecule has 5 aromatic rings. The Labute approximate surface area is 222 Å². The molecular formula is C29H27FN6O3. The van der Waals surface area contributed by atoms with Crippen molar-refractivity contribution in [2.75, 3.05) is 13.1 Å². The Bertz CT molecular complexity index is 1840. The number of aromatic carboxylic acids is 1. The maximum atomic E-state index is 14.9. The molecule has 1 aliphatic heterocycles. The summed E-state index contributed by atoms with van der Waals surface area (Å²) in [7, 11) is 1.97. The fourth-order valence-electron chi connectivity index (χ4n) is 5.69. The highest BCUT2D eigenvalue weighted by molar-refractivity contribution is 5.89. The Balaban J connectivity index is 1.32. The second kappa shape index (κ2) is 9.32. The molecule has 4 aromatic heterocycles. The monoisotopic (exact) mass is 526 g/mol. The van der Waals surface area contributed by atoms with Gasteiger partial charge in [0.05, 0.1) is 28.4 Å². The Kier molecular flexibility index (Phi) is 5.91. The van der Waals surface area contributed by atoms with Crippen molar-refractivity contribution in [3.05, 3.63) is 93.6 Å². The maximum Gasteiger partial charge on any atom is 0.335 e. The van der Waals surface area contributed by atoms with Crippen LogP contribution in [0.1, 0.15) is 46.6 Å². The van der Waals surface area contributed by atoms with Crippen LogP contribution in [0, 0.1) is 12.7 Å². The van der Waals surface area contributed by atoms with Crippen LogP contribution in [0.2, 0.25) is 0 Å². The van der Waals surface area contributed by atoms with Gasteiger partial charge in [-0.1, -0.05) is 6.08 Å². The SMILES string of the molecule is Cc1cc(C(=O)O)cc(F)c1C1=CCN([C@H](C)c2cc3c(-n4ccc5[nH]ncc5c4=O)ccnc3n2C)CC1. The second-order valence-electron chi connectivity index (χ2n) is 9.99. The summed E-state index contributed by atoms with van der Waals surface area (Å²) in [6.45, 7) is 5.21. The summed E-state index contributed by atoms with van der Waals surface area (Å²) in [6.07, 6.45) is 7.66. The molecule has 5 heterocycles. The van der Waals surface area contributed by atoms with Crippen molar-refractivity contribution >= 4 is 33.5 Å². The summed E-state index contributed by atoms with van der Waals surface area (Å²) in [5.41, 5.74) is 5.07. The Morgan fingerprint density at radius 2 is 2.03 bits per heavy atom. The van der Waals surface area contributed by atoms with Crippen LogP contribution in [0.4, 0.5) is 4.39 Å². The average molecular weight is 527 g/mol. The van der Waals surface area contributed by atoms with Crippen molar-refractivity contribution in [3.63, 3.8) is 0 Å². The fraction of sp³-hybridized carbons (Fsp3) is 0.241. The van der Waals surface area contributed by atoms with E-state index >= 15 is 0 Å². The van der Waals surface area contributed by atoms with E-state index in [1.807, 2.05) is 25.3 Å². The lowest BCUT2D eigenvalue weighted by Gasteiger charge is -2.32. The number of carboxylic acids is 1. The first-order valence-electron chi connectivity index (χ1n) is 12.7. The third-order valence-electron chi connectivity index (χ3n) is 7.78. The quantitative estimate of drug-likeness (QED) is 0.347. The Hall–Kier alpha value is -4.57. The Morgan fingerprint density at radius 1 is 1.21 bits per heavy atom. The molecule has 0 saturated heterocycles. The van der Waals surface area contributed by atoms with Crippen LogP contribution in [0.25, 0.3) is 33.2 Å². The van der Waals surface area contributed by atoms with Gasteiger partial charge in [0.1, 0.15) is 11.5 Å². The van der Waals surface area contributed by atoms with E-state index in [2.05, 4.69) is 37.6 Å². The van der Waals surface area contributed by atoms with Gasteiger partial charge in [0, 0.05) is 55.2 Å². The normalized spacial score (nSPS) is 15.1. The van der Waals surface area contributed by atoms with E-state index in [-0.39, 0.29) is 17.2 Å². The van der Waals surface area contributed by atoms with Crippen LogP contribution >= 0.6 is 0 Å². The first kappa shape index (κ1) is 24.7. The molecule has 6 rings (SSSR count). The van der Waals surface area contributed by atoms with E-state index in [9.17, 15) is 19.1 Å². The molecule has 0 radical (unpaired) electrons. The molecule has 0 saturated carbocycles. The highest BCUT2D eigenvalue weighted by atomic mass is 19.1. The van der Waals surface area contributed by atoms with Gasteiger partial charge in [0.25, 0.3) is 5.56 Å². The molecule has 0 spiro atoms. The highest BCUT2D eigenvalue weighted by Crippen LogP contribution is 2.34. The lowest BCUT2D eigenvalue weighted by molar-refractivity contribution is 0.0696. The van der Waals surface area contributed by atoms with Gasteiger partial charge in [-0.2, -0.15) is 5.10 Å². The summed E-state index contributed by atoms with van der Waals surface area (Å²) in [4.78, 5) is 31.3. The van der Waals surface area contributed by atoms with E-state index in [1.54, 1.807) is 23.9 Å². The molecular weight excluding hydrogens is 499 g/mol.